The molecule has 0 aliphatic rings. The van der Waals surface area contributed by atoms with Crippen molar-refractivity contribution in [3.8, 4) is 0 Å². The standard InChI is InChI=1S/C15H11ClN2O2/c16-12-6-2-1-4-10(12)8-18-9-17-13-7-3-5-11(14(13)18)15(19)20/h1-7,9H,8H2,(H,19,20). The van der Waals surface area contributed by atoms with Gasteiger partial charge in [0.2, 0.25) is 0 Å². The SMILES string of the molecule is O=C(O)c1cccc2ncn(Cc3ccccc3Cl)c12. The van der Waals surface area contributed by atoms with E-state index in [1.54, 1.807) is 29.1 Å². The molecule has 0 aliphatic heterocycles. The Hall–Kier alpha value is -2.33. The number of aromatic nitrogens is 2. The van der Waals surface area contributed by atoms with Gasteiger partial charge in [0, 0.05) is 5.02 Å². The van der Waals surface area contributed by atoms with Crippen molar-refractivity contribution in [1.82, 2.24) is 9.55 Å². The van der Waals surface area contributed by atoms with Gasteiger partial charge in [0.15, 0.2) is 0 Å². The van der Waals surface area contributed by atoms with E-state index in [-0.39, 0.29) is 5.56 Å². The molecule has 0 fully saturated rings. The summed E-state index contributed by atoms with van der Waals surface area (Å²) < 4.78 is 1.81. The van der Waals surface area contributed by atoms with Gasteiger partial charge in [0.25, 0.3) is 0 Å². The molecule has 3 rings (SSSR count). The normalized spacial score (nSPS) is 10.8. The molecule has 0 spiro atoms. The van der Waals surface area contributed by atoms with E-state index < -0.39 is 5.97 Å². The van der Waals surface area contributed by atoms with E-state index in [9.17, 15) is 9.90 Å². The Kier molecular flexibility index (Phi) is 3.16. The lowest BCUT2D eigenvalue weighted by Gasteiger charge is -2.08. The molecule has 1 N–H and O–H groups in total. The Bertz CT molecular complexity index is 795. The zero-order valence-electron chi connectivity index (χ0n) is 10.5. The first-order valence-corrected chi connectivity index (χ1v) is 6.45. The number of rotatable bonds is 3. The smallest absolute Gasteiger partial charge is 0.337 e. The first-order valence-electron chi connectivity index (χ1n) is 6.07. The molecule has 100 valence electrons. The lowest BCUT2D eigenvalue weighted by Crippen LogP contribution is -2.04. The maximum Gasteiger partial charge on any atom is 0.337 e. The second-order valence-corrected chi connectivity index (χ2v) is 4.85. The fraction of sp³-hybridized carbons (Fsp3) is 0.0667. The van der Waals surface area contributed by atoms with Crippen LogP contribution >= 0.6 is 11.6 Å². The maximum atomic E-state index is 11.3. The molecule has 1 heterocycles. The van der Waals surface area contributed by atoms with Crippen molar-refractivity contribution < 1.29 is 9.90 Å². The van der Waals surface area contributed by atoms with Gasteiger partial charge < -0.3 is 9.67 Å². The Balaban J connectivity index is 2.13. The van der Waals surface area contributed by atoms with Gasteiger partial charge >= 0.3 is 5.97 Å². The van der Waals surface area contributed by atoms with Gasteiger partial charge in [0.05, 0.1) is 29.5 Å². The van der Waals surface area contributed by atoms with E-state index in [2.05, 4.69) is 4.98 Å². The minimum Gasteiger partial charge on any atom is -0.478 e. The lowest BCUT2D eigenvalue weighted by atomic mass is 10.1. The van der Waals surface area contributed by atoms with Crippen LogP contribution in [0.2, 0.25) is 5.02 Å². The third-order valence-electron chi connectivity index (χ3n) is 3.17. The number of para-hydroxylation sites is 1. The fourth-order valence-electron chi connectivity index (χ4n) is 2.23. The predicted molar refractivity (Wildman–Crippen MR) is 77.2 cm³/mol. The number of aromatic carboxylic acids is 1. The van der Waals surface area contributed by atoms with Crippen LogP contribution < -0.4 is 0 Å². The van der Waals surface area contributed by atoms with Crippen LogP contribution in [-0.4, -0.2) is 20.6 Å². The average Bonchev–Trinajstić information content (AvgIpc) is 2.84. The number of carboxylic acids is 1. The van der Waals surface area contributed by atoms with Crippen LogP contribution in [0.4, 0.5) is 0 Å². The topological polar surface area (TPSA) is 55.1 Å². The molecule has 0 radical (unpaired) electrons. The van der Waals surface area contributed by atoms with Gasteiger partial charge in [-0.25, -0.2) is 9.78 Å². The molecule has 0 unspecified atom stereocenters. The maximum absolute atomic E-state index is 11.3. The van der Waals surface area contributed by atoms with E-state index in [0.29, 0.717) is 22.6 Å². The number of fused-ring (bicyclic) bond motifs is 1. The predicted octanol–water partition coefficient (Wildman–Crippen LogP) is 3.44. The number of nitrogens with zero attached hydrogens (tertiary/aromatic N) is 2. The molecule has 0 amide bonds. The summed E-state index contributed by atoms with van der Waals surface area (Å²) in [5, 5.41) is 9.93. The highest BCUT2D eigenvalue weighted by atomic mass is 35.5. The molecule has 20 heavy (non-hydrogen) atoms. The summed E-state index contributed by atoms with van der Waals surface area (Å²) in [5.74, 6) is -0.962. The molecule has 0 saturated heterocycles. The van der Waals surface area contributed by atoms with Crippen LogP contribution in [-0.2, 0) is 6.54 Å². The Morgan fingerprint density at radius 3 is 2.75 bits per heavy atom. The molecule has 5 heteroatoms. The van der Waals surface area contributed by atoms with Crippen LogP contribution in [0.15, 0.2) is 48.8 Å². The van der Waals surface area contributed by atoms with Crippen LogP contribution in [0, 0.1) is 0 Å². The van der Waals surface area contributed by atoms with Crippen LogP contribution in [0.5, 0.6) is 0 Å². The van der Waals surface area contributed by atoms with E-state index in [4.69, 9.17) is 11.6 Å². The Morgan fingerprint density at radius 2 is 2.00 bits per heavy atom. The summed E-state index contributed by atoms with van der Waals surface area (Å²) in [4.78, 5) is 15.6. The molecular weight excluding hydrogens is 276 g/mol. The zero-order chi connectivity index (χ0) is 14.1. The van der Waals surface area contributed by atoms with Crippen LogP contribution in [0.3, 0.4) is 0 Å². The molecule has 1 aromatic heterocycles. The third kappa shape index (κ3) is 2.14. The lowest BCUT2D eigenvalue weighted by molar-refractivity contribution is 0.0698. The van der Waals surface area contributed by atoms with Crippen molar-refractivity contribution in [1.29, 1.82) is 0 Å². The van der Waals surface area contributed by atoms with E-state index in [1.165, 1.54) is 0 Å². The van der Waals surface area contributed by atoms with Crippen molar-refractivity contribution in [3.05, 3.63) is 64.9 Å². The quantitative estimate of drug-likeness (QED) is 0.802. The average molecular weight is 287 g/mol. The first-order chi connectivity index (χ1) is 9.66. The number of hydrogen-bond donors (Lipinski definition) is 1. The van der Waals surface area contributed by atoms with Crippen LogP contribution in [0.1, 0.15) is 15.9 Å². The van der Waals surface area contributed by atoms with Gasteiger partial charge in [-0.1, -0.05) is 35.9 Å². The van der Waals surface area contributed by atoms with E-state index in [1.807, 2.05) is 24.3 Å². The summed E-state index contributed by atoms with van der Waals surface area (Å²) >= 11 is 6.14. The van der Waals surface area contributed by atoms with Crippen molar-refractivity contribution in [2.75, 3.05) is 0 Å². The summed E-state index contributed by atoms with van der Waals surface area (Å²) in [5.41, 5.74) is 2.44. The highest BCUT2D eigenvalue weighted by Crippen LogP contribution is 2.22. The number of halogens is 1. The second-order valence-electron chi connectivity index (χ2n) is 4.44. The monoisotopic (exact) mass is 286 g/mol. The highest BCUT2D eigenvalue weighted by Gasteiger charge is 2.13. The largest absolute Gasteiger partial charge is 0.478 e. The molecule has 0 atom stereocenters. The number of benzene rings is 2. The van der Waals surface area contributed by atoms with Gasteiger partial charge in [-0.15, -0.1) is 0 Å². The van der Waals surface area contributed by atoms with Gasteiger partial charge in [-0.2, -0.15) is 0 Å². The molecule has 2 aromatic carbocycles. The summed E-state index contributed by atoms with van der Waals surface area (Å²) in [6.45, 7) is 0.487. The molecule has 0 aliphatic carbocycles. The third-order valence-corrected chi connectivity index (χ3v) is 3.54. The number of carbonyl (C=O) groups is 1. The highest BCUT2D eigenvalue weighted by molar-refractivity contribution is 6.31. The minimum absolute atomic E-state index is 0.243. The van der Waals surface area contributed by atoms with E-state index >= 15 is 0 Å². The Labute approximate surface area is 120 Å². The number of imidazole rings is 1. The first kappa shape index (κ1) is 12.7. The zero-order valence-corrected chi connectivity index (χ0v) is 11.2. The van der Waals surface area contributed by atoms with Crippen LogP contribution in [0.25, 0.3) is 11.0 Å². The summed E-state index contributed by atoms with van der Waals surface area (Å²) in [6, 6.07) is 12.6. The van der Waals surface area contributed by atoms with Crippen molar-refractivity contribution in [2.45, 2.75) is 6.54 Å². The molecular formula is C15H11ClN2O2. The van der Waals surface area contributed by atoms with Crippen molar-refractivity contribution in [3.63, 3.8) is 0 Å². The molecule has 0 bridgehead atoms. The fourth-order valence-corrected chi connectivity index (χ4v) is 2.43. The van der Waals surface area contributed by atoms with Gasteiger partial charge in [-0.3, -0.25) is 0 Å². The van der Waals surface area contributed by atoms with Gasteiger partial charge in [-0.05, 0) is 23.8 Å². The summed E-state index contributed by atoms with van der Waals surface area (Å²) in [6.07, 6.45) is 1.64. The molecule has 4 nitrogen and oxygen atoms in total. The van der Waals surface area contributed by atoms with E-state index in [0.717, 1.165) is 5.56 Å². The molecule has 0 saturated carbocycles. The minimum atomic E-state index is -0.962. The second kappa shape index (κ2) is 4.98. The van der Waals surface area contributed by atoms with Gasteiger partial charge in [0.1, 0.15) is 0 Å². The molecule has 3 aromatic rings. The van der Waals surface area contributed by atoms with Crippen molar-refractivity contribution >= 4 is 28.6 Å². The Morgan fingerprint density at radius 1 is 1.20 bits per heavy atom. The number of carboxylic acid groups (broad SMARTS) is 1. The number of hydrogen-bond acceptors (Lipinski definition) is 2. The van der Waals surface area contributed by atoms with Crippen molar-refractivity contribution in [2.24, 2.45) is 0 Å². The summed E-state index contributed by atoms with van der Waals surface area (Å²) in [7, 11) is 0.